The molecule has 2 aliphatic rings. The van der Waals surface area contributed by atoms with Crippen molar-refractivity contribution >= 4 is 34.7 Å². The van der Waals surface area contributed by atoms with E-state index in [9.17, 15) is 24.6 Å². The second-order valence-corrected chi connectivity index (χ2v) is 9.78. The maximum absolute atomic E-state index is 13.6. The van der Waals surface area contributed by atoms with Gasteiger partial charge in [0.1, 0.15) is 0 Å². The number of β-amino-alcohol motifs (C(OH)–C–C–N with tert-alkyl or cyclic N) is 2. The van der Waals surface area contributed by atoms with Gasteiger partial charge in [-0.05, 0) is 49.6 Å². The lowest BCUT2D eigenvalue weighted by atomic mass is 10.1. The van der Waals surface area contributed by atoms with Crippen LogP contribution in [0.2, 0.25) is 0 Å². The van der Waals surface area contributed by atoms with Gasteiger partial charge >= 0.3 is 0 Å². The second kappa shape index (κ2) is 10.8. The number of aromatic nitrogens is 2. The summed E-state index contributed by atoms with van der Waals surface area (Å²) in [5.41, 5.74) is 1.87. The van der Waals surface area contributed by atoms with Crippen LogP contribution in [0.15, 0.2) is 61.2 Å². The summed E-state index contributed by atoms with van der Waals surface area (Å²) in [6, 6.07) is 13.7. The Morgan fingerprint density at radius 2 is 1.68 bits per heavy atom. The van der Waals surface area contributed by atoms with Crippen molar-refractivity contribution in [2.75, 3.05) is 31.5 Å². The number of imidazole rings is 1. The Kier molecular flexibility index (Phi) is 7.26. The lowest BCUT2D eigenvalue weighted by Gasteiger charge is -2.27. The molecule has 3 N–H and O–H groups in total. The van der Waals surface area contributed by atoms with Crippen molar-refractivity contribution in [3.8, 4) is 0 Å². The molecule has 2 saturated heterocycles. The number of amides is 3. The predicted octanol–water partition coefficient (Wildman–Crippen LogP) is 2.21. The van der Waals surface area contributed by atoms with Gasteiger partial charge in [-0.1, -0.05) is 30.8 Å². The topological polar surface area (TPSA) is 128 Å². The minimum Gasteiger partial charge on any atom is -0.388 e. The largest absolute Gasteiger partial charge is 0.388 e. The van der Waals surface area contributed by atoms with E-state index in [1.54, 1.807) is 47.4 Å². The molecule has 0 aliphatic carbocycles. The highest BCUT2D eigenvalue weighted by Crippen LogP contribution is 2.33. The van der Waals surface area contributed by atoms with E-state index in [4.69, 9.17) is 4.98 Å². The van der Waals surface area contributed by atoms with Crippen molar-refractivity contribution in [3.63, 3.8) is 0 Å². The van der Waals surface area contributed by atoms with Gasteiger partial charge in [-0.25, -0.2) is 4.98 Å². The summed E-state index contributed by atoms with van der Waals surface area (Å²) in [6.07, 6.45) is 1.66. The lowest BCUT2D eigenvalue weighted by molar-refractivity contribution is -0.126. The summed E-state index contributed by atoms with van der Waals surface area (Å²) < 4.78 is 1.86. The maximum atomic E-state index is 13.6. The number of aliphatic hydroxyl groups is 2. The van der Waals surface area contributed by atoms with Crippen molar-refractivity contribution in [2.24, 2.45) is 0 Å². The number of benzene rings is 2. The molecule has 10 nitrogen and oxygen atoms in total. The van der Waals surface area contributed by atoms with E-state index in [1.165, 1.54) is 11.0 Å². The Balaban J connectivity index is 1.61. The van der Waals surface area contributed by atoms with Crippen molar-refractivity contribution in [1.82, 2.24) is 19.4 Å². The molecule has 3 heterocycles. The standard InChI is InChI=1S/C28H31N5O5/c1-2-24(36)31-14-7-6-11-19(15-31)33-25-20(27(38)32-16-22(34)23(35)17-32)12-8-13-21(25)29-28(33)30-26(37)18-9-4-3-5-10-18/h2-5,8-10,12-13,19,22-23,34-35H,1,6-7,11,14-17H2,(H,29,30,37)/t19?,22-,23-/m1/s1. The Bertz CT molecular complexity index is 1360. The molecule has 0 bridgehead atoms. The van der Waals surface area contributed by atoms with Crippen molar-refractivity contribution in [1.29, 1.82) is 0 Å². The summed E-state index contributed by atoms with van der Waals surface area (Å²) in [7, 11) is 0. The number of hydrogen-bond acceptors (Lipinski definition) is 6. The number of para-hydroxylation sites is 1. The zero-order chi connectivity index (χ0) is 26.8. The SMILES string of the molecule is C=CC(=O)N1CCCCC(n2c(NC(=O)c3ccccc3)nc3cccc(C(=O)N4C[C@@H](O)[C@H](O)C4)c32)C1. The molecule has 2 fully saturated rings. The number of aliphatic hydroxyl groups excluding tert-OH is 2. The molecule has 0 saturated carbocycles. The first-order valence-corrected chi connectivity index (χ1v) is 12.8. The van der Waals surface area contributed by atoms with Gasteiger partial charge in [0.05, 0.1) is 34.8 Å². The molecule has 10 heteroatoms. The van der Waals surface area contributed by atoms with Crippen LogP contribution >= 0.6 is 0 Å². The van der Waals surface area contributed by atoms with Crippen LogP contribution in [0.5, 0.6) is 0 Å². The van der Waals surface area contributed by atoms with Gasteiger partial charge in [0.15, 0.2) is 0 Å². The quantitative estimate of drug-likeness (QED) is 0.445. The highest BCUT2D eigenvalue weighted by atomic mass is 16.3. The Labute approximate surface area is 220 Å². The molecule has 3 atom stereocenters. The van der Waals surface area contributed by atoms with Gasteiger partial charge in [-0.3, -0.25) is 19.7 Å². The van der Waals surface area contributed by atoms with Gasteiger partial charge in [0.25, 0.3) is 11.8 Å². The van der Waals surface area contributed by atoms with Crippen LogP contribution in [-0.4, -0.2) is 85.7 Å². The van der Waals surface area contributed by atoms with Gasteiger partial charge < -0.3 is 24.6 Å². The van der Waals surface area contributed by atoms with E-state index in [0.717, 1.165) is 12.8 Å². The highest BCUT2D eigenvalue weighted by Gasteiger charge is 2.35. The van der Waals surface area contributed by atoms with Crippen LogP contribution in [0, 0.1) is 0 Å². The van der Waals surface area contributed by atoms with Crippen LogP contribution in [-0.2, 0) is 4.79 Å². The van der Waals surface area contributed by atoms with Crippen molar-refractivity contribution < 1.29 is 24.6 Å². The molecule has 5 rings (SSSR count). The number of anilines is 1. The molecule has 2 aliphatic heterocycles. The first-order chi connectivity index (χ1) is 18.4. The average Bonchev–Trinajstić information content (AvgIpc) is 3.36. The number of carbonyl (C=O) groups is 3. The zero-order valence-electron chi connectivity index (χ0n) is 21.0. The summed E-state index contributed by atoms with van der Waals surface area (Å²) in [5.74, 6) is -0.574. The molecular weight excluding hydrogens is 486 g/mol. The first-order valence-electron chi connectivity index (χ1n) is 12.8. The monoisotopic (exact) mass is 517 g/mol. The minimum absolute atomic E-state index is 0.0210. The number of nitrogens with one attached hydrogen (secondary N) is 1. The normalized spacial score (nSPS) is 21.8. The predicted molar refractivity (Wildman–Crippen MR) is 142 cm³/mol. The van der Waals surface area contributed by atoms with E-state index >= 15 is 0 Å². The summed E-state index contributed by atoms with van der Waals surface area (Å²) >= 11 is 0. The van der Waals surface area contributed by atoms with Crippen molar-refractivity contribution in [2.45, 2.75) is 37.5 Å². The fraction of sp³-hybridized carbons (Fsp3) is 0.357. The molecular formula is C28H31N5O5. The Morgan fingerprint density at radius 1 is 0.947 bits per heavy atom. The van der Waals surface area contributed by atoms with Crippen LogP contribution in [0.1, 0.15) is 46.0 Å². The van der Waals surface area contributed by atoms with Crippen LogP contribution in [0.3, 0.4) is 0 Å². The number of fused-ring (bicyclic) bond motifs is 1. The molecule has 0 radical (unpaired) electrons. The highest BCUT2D eigenvalue weighted by molar-refractivity contribution is 6.08. The van der Waals surface area contributed by atoms with Crippen LogP contribution in [0.4, 0.5) is 5.95 Å². The third-order valence-corrected chi connectivity index (χ3v) is 7.25. The van der Waals surface area contributed by atoms with Gasteiger partial charge in [0, 0.05) is 31.7 Å². The average molecular weight is 518 g/mol. The molecule has 1 aromatic heterocycles. The number of carbonyl (C=O) groups excluding carboxylic acids is 3. The summed E-state index contributed by atoms with van der Waals surface area (Å²) in [5, 5.41) is 23.0. The molecule has 3 amide bonds. The fourth-order valence-electron chi connectivity index (χ4n) is 5.29. The van der Waals surface area contributed by atoms with E-state index in [1.807, 2.05) is 10.6 Å². The Hall–Kier alpha value is -4.02. The molecule has 38 heavy (non-hydrogen) atoms. The summed E-state index contributed by atoms with van der Waals surface area (Å²) in [6.45, 7) is 4.63. The van der Waals surface area contributed by atoms with Crippen molar-refractivity contribution in [3.05, 3.63) is 72.3 Å². The van der Waals surface area contributed by atoms with E-state index in [0.29, 0.717) is 41.7 Å². The number of rotatable bonds is 5. The van der Waals surface area contributed by atoms with Gasteiger partial charge in [-0.15, -0.1) is 0 Å². The van der Waals surface area contributed by atoms with E-state index in [2.05, 4.69) is 11.9 Å². The number of likely N-dealkylation sites (tertiary alicyclic amines) is 2. The van der Waals surface area contributed by atoms with E-state index < -0.39 is 12.2 Å². The first kappa shape index (κ1) is 25.6. The van der Waals surface area contributed by atoms with E-state index in [-0.39, 0.29) is 42.8 Å². The third kappa shape index (κ3) is 4.92. The lowest BCUT2D eigenvalue weighted by Crippen LogP contribution is -2.35. The molecule has 198 valence electrons. The smallest absolute Gasteiger partial charge is 0.257 e. The maximum Gasteiger partial charge on any atom is 0.257 e. The number of hydrogen-bond donors (Lipinski definition) is 3. The third-order valence-electron chi connectivity index (χ3n) is 7.25. The zero-order valence-corrected chi connectivity index (χ0v) is 21.0. The molecule has 1 unspecified atom stereocenters. The summed E-state index contributed by atoms with van der Waals surface area (Å²) in [4.78, 5) is 47.2. The Morgan fingerprint density at radius 3 is 2.39 bits per heavy atom. The fourth-order valence-corrected chi connectivity index (χ4v) is 5.29. The molecule has 0 spiro atoms. The molecule has 3 aromatic rings. The van der Waals surface area contributed by atoms with Gasteiger partial charge in [0.2, 0.25) is 11.9 Å². The second-order valence-electron chi connectivity index (χ2n) is 9.78. The minimum atomic E-state index is -1.01. The van der Waals surface area contributed by atoms with Gasteiger partial charge in [-0.2, -0.15) is 0 Å². The van der Waals surface area contributed by atoms with Crippen LogP contribution < -0.4 is 5.32 Å². The molecule has 2 aromatic carbocycles. The number of nitrogens with zero attached hydrogens (tertiary/aromatic N) is 4. The van der Waals surface area contributed by atoms with Crippen LogP contribution in [0.25, 0.3) is 11.0 Å².